The number of nitrogens with one attached hydrogen (secondary N) is 1. The van der Waals surface area contributed by atoms with Crippen molar-refractivity contribution in [3.8, 4) is 0 Å². The van der Waals surface area contributed by atoms with Gasteiger partial charge in [0.25, 0.3) is 0 Å². The zero-order valence-corrected chi connectivity index (χ0v) is 13.2. The highest BCUT2D eigenvalue weighted by molar-refractivity contribution is 7.15. The highest BCUT2D eigenvalue weighted by Gasteiger charge is 2.07. The third kappa shape index (κ3) is 5.19. The van der Waals surface area contributed by atoms with E-state index in [0.29, 0.717) is 11.7 Å². The average molecular weight is 333 g/mol. The summed E-state index contributed by atoms with van der Waals surface area (Å²) in [6, 6.07) is 6.32. The van der Waals surface area contributed by atoms with Crippen LogP contribution in [0.3, 0.4) is 0 Å². The van der Waals surface area contributed by atoms with Crippen molar-refractivity contribution >= 4 is 34.6 Å². The minimum Gasteiger partial charge on any atom is -0.478 e. The fraction of sp³-hybridized carbons (Fsp3) is 0.200. The summed E-state index contributed by atoms with van der Waals surface area (Å²) in [7, 11) is 0. The van der Waals surface area contributed by atoms with Gasteiger partial charge in [-0.2, -0.15) is 5.10 Å². The zero-order chi connectivity index (χ0) is 16.7. The van der Waals surface area contributed by atoms with Crippen LogP contribution in [0, 0.1) is 0 Å². The summed E-state index contributed by atoms with van der Waals surface area (Å²) in [6.07, 6.45) is 3.34. The van der Waals surface area contributed by atoms with E-state index in [4.69, 9.17) is 9.84 Å². The number of rotatable bonds is 7. The van der Waals surface area contributed by atoms with Crippen LogP contribution in [0.1, 0.15) is 27.7 Å². The van der Waals surface area contributed by atoms with Crippen molar-refractivity contribution in [2.24, 2.45) is 5.10 Å². The quantitative estimate of drug-likeness (QED) is 0.458. The summed E-state index contributed by atoms with van der Waals surface area (Å²) < 4.78 is 4.87. The second-order valence-electron chi connectivity index (χ2n) is 4.41. The van der Waals surface area contributed by atoms with Crippen LogP contribution in [0.5, 0.6) is 0 Å². The van der Waals surface area contributed by atoms with E-state index < -0.39 is 5.97 Å². The lowest BCUT2D eigenvalue weighted by Crippen LogP contribution is -2.06. The van der Waals surface area contributed by atoms with Crippen molar-refractivity contribution in [1.82, 2.24) is 4.98 Å². The van der Waals surface area contributed by atoms with E-state index in [0.717, 1.165) is 10.4 Å². The molecule has 7 nitrogen and oxygen atoms in total. The number of aromatic nitrogens is 1. The van der Waals surface area contributed by atoms with Gasteiger partial charge in [-0.25, -0.2) is 9.78 Å². The molecule has 1 aromatic carbocycles. The Hall–Kier alpha value is -2.74. The minimum absolute atomic E-state index is 0.188. The number of carbonyl (C=O) groups excluding carboxylic acids is 1. The monoisotopic (exact) mass is 333 g/mol. The number of ether oxygens (including phenoxy) is 1. The second-order valence-corrected chi connectivity index (χ2v) is 5.53. The van der Waals surface area contributed by atoms with E-state index in [1.54, 1.807) is 31.5 Å². The van der Waals surface area contributed by atoms with E-state index in [2.05, 4.69) is 15.5 Å². The van der Waals surface area contributed by atoms with Gasteiger partial charge in [0.15, 0.2) is 0 Å². The minimum atomic E-state index is -0.969. The Labute approximate surface area is 136 Å². The zero-order valence-electron chi connectivity index (χ0n) is 12.4. The first kappa shape index (κ1) is 16.6. The van der Waals surface area contributed by atoms with Crippen LogP contribution in [-0.2, 0) is 16.0 Å². The number of carbonyl (C=O) groups is 2. The number of hydrazone groups is 1. The topological polar surface area (TPSA) is 101 Å². The van der Waals surface area contributed by atoms with Crippen LogP contribution in [0.15, 0.2) is 35.6 Å². The first-order chi connectivity index (χ1) is 11.1. The maximum absolute atomic E-state index is 11.4. The molecule has 0 unspecified atom stereocenters. The summed E-state index contributed by atoms with van der Waals surface area (Å²) in [4.78, 5) is 27.0. The van der Waals surface area contributed by atoms with Crippen LogP contribution >= 0.6 is 11.3 Å². The molecule has 0 bridgehead atoms. The molecule has 0 amide bonds. The van der Waals surface area contributed by atoms with Gasteiger partial charge in [0, 0.05) is 11.1 Å². The van der Waals surface area contributed by atoms with E-state index in [-0.39, 0.29) is 18.0 Å². The van der Waals surface area contributed by atoms with Crippen molar-refractivity contribution in [2.75, 3.05) is 12.0 Å². The number of anilines is 1. The molecular formula is C15H15N3O4S. The number of nitrogens with zero attached hydrogens (tertiary/aromatic N) is 2. The van der Waals surface area contributed by atoms with E-state index in [1.165, 1.54) is 23.5 Å². The summed E-state index contributed by atoms with van der Waals surface area (Å²) in [5.41, 5.74) is 3.74. The van der Waals surface area contributed by atoms with Crippen molar-refractivity contribution in [3.05, 3.63) is 46.5 Å². The number of hydrogen-bond acceptors (Lipinski definition) is 7. The molecule has 0 saturated carbocycles. The lowest BCUT2D eigenvalue weighted by molar-refractivity contribution is -0.142. The van der Waals surface area contributed by atoms with Crippen LogP contribution in [0.2, 0.25) is 0 Å². The van der Waals surface area contributed by atoms with Crippen molar-refractivity contribution in [2.45, 2.75) is 13.3 Å². The molecule has 0 aliphatic heterocycles. The summed E-state index contributed by atoms with van der Waals surface area (Å²) in [6.45, 7) is 2.11. The standard InChI is InChI=1S/C15H15N3O4S/c1-2-22-13(19)7-12-9-16-15(23-12)18-17-8-10-3-5-11(6-4-10)14(20)21/h3-6,8-9H,2,7H2,1H3,(H,16,18)(H,20,21)/b17-8+. The summed E-state index contributed by atoms with van der Waals surface area (Å²) in [5, 5.41) is 13.4. The molecule has 0 aliphatic carbocycles. The highest BCUT2D eigenvalue weighted by atomic mass is 32.1. The summed E-state index contributed by atoms with van der Waals surface area (Å²) >= 11 is 1.31. The number of carboxylic acid groups (broad SMARTS) is 1. The Morgan fingerprint density at radius 3 is 2.78 bits per heavy atom. The van der Waals surface area contributed by atoms with Crippen molar-refractivity contribution in [1.29, 1.82) is 0 Å². The Morgan fingerprint density at radius 1 is 1.39 bits per heavy atom. The van der Waals surface area contributed by atoms with Gasteiger partial charge in [0.1, 0.15) is 0 Å². The second kappa shape index (κ2) is 8.04. The molecule has 0 radical (unpaired) electrons. The van der Waals surface area contributed by atoms with Gasteiger partial charge in [0.05, 0.1) is 24.8 Å². The molecule has 2 aromatic rings. The highest BCUT2D eigenvalue weighted by Crippen LogP contribution is 2.18. The molecule has 2 N–H and O–H groups in total. The van der Waals surface area contributed by atoms with Crippen molar-refractivity contribution < 1.29 is 19.4 Å². The van der Waals surface area contributed by atoms with Crippen LogP contribution in [-0.4, -0.2) is 34.9 Å². The molecule has 1 heterocycles. The predicted molar refractivity (Wildman–Crippen MR) is 87.1 cm³/mol. The van der Waals surface area contributed by atoms with Gasteiger partial charge in [-0.15, -0.1) is 0 Å². The lowest BCUT2D eigenvalue weighted by Gasteiger charge is -1.98. The number of aromatic carboxylic acids is 1. The molecule has 2 rings (SSSR count). The Bertz CT molecular complexity index is 710. The van der Waals surface area contributed by atoms with Crippen LogP contribution < -0.4 is 5.43 Å². The smallest absolute Gasteiger partial charge is 0.335 e. The normalized spacial score (nSPS) is 10.7. The predicted octanol–water partition coefficient (Wildman–Crippen LogP) is 2.39. The Balaban J connectivity index is 1.89. The molecule has 0 saturated heterocycles. The molecule has 1 aromatic heterocycles. The summed E-state index contributed by atoms with van der Waals surface area (Å²) in [5.74, 6) is -1.26. The molecule has 120 valence electrons. The molecular weight excluding hydrogens is 318 g/mol. The average Bonchev–Trinajstić information content (AvgIpc) is 2.95. The fourth-order valence-electron chi connectivity index (χ4n) is 1.67. The van der Waals surface area contributed by atoms with Crippen LogP contribution in [0.4, 0.5) is 5.13 Å². The third-order valence-corrected chi connectivity index (χ3v) is 3.61. The third-order valence-electron chi connectivity index (χ3n) is 2.71. The first-order valence-corrected chi connectivity index (χ1v) is 7.63. The van der Waals surface area contributed by atoms with Gasteiger partial charge >= 0.3 is 11.9 Å². The van der Waals surface area contributed by atoms with E-state index >= 15 is 0 Å². The number of esters is 1. The SMILES string of the molecule is CCOC(=O)Cc1cnc(N/N=C/c2ccc(C(=O)O)cc2)s1. The van der Waals surface area contributed by atoms with Gasteiger partial charge in [-0.3, -0.25) is 10.2 Å². The first-order valence-electron chi connectivity index (χ1n) is 6.81. The van der Waals surface area contributed by atoms with Gasteiger partial charge < -0.3 is 9.84 Å². The molecule has 8 heteroatoms. The van der Waals surface area contributed by atoms with Gasteiger partial charge in [0.2, 0.25) is 5.13 Å². The molecule has 0 fully saturated rings. The molecule has 0 spiro atoms. The fourth-order valence-corrected chi connectivity index (χ4v) is 2.42. The maximum Gasteiger partial charge on any atom is 0.335 e. The number of benzene rings is 1. The largest absolute Gasteiger partial charge is 0.478 e. The lowest BCUT2D eigenvalue weighted by atomic mass is 10.1. The molecule has 0 atom stereocenters. The number of hydrogen-bond donors (Lipinski definition) is 2. The maximum atomic E-state index is 11.4. The van der Waals surface area contributed by atoms with Crippen LogP contribution in [0.25, 0.3) is 0 Å². The Morgan fingerprint density at radius 2 is 2.13 bits per heavy atom. The van der Waals surface area contributed by atoms with E-state index in [9.17, 15) is 9.59 Å². The van der Waals surface area contributed by atoms with Gasteiger partial charge in [-0.1, -0.05) is 23.5 Å². The van der Waals surface area contributed by atoms with Crippen molar-refractivity contribution in [3.63, 3.8) is 0 Å². The van der Waals surface area contributed by atoms with Gasteiger partial charge in [-0.05, 0) is 24.6 Å². The molecule has 23 heavy (non-hydrogen) atoms. The Kier molecular flexibility index (Phi) is 5.81. The molecule has 0 aliphatic rings. The number of carboxylic acids is 1. The number of thiazole rings is 1. The van der Waals surface area contributed by atoms with E-state index in [1.807, 2.05) is 0 Å².